The van der Waals surface area contributed by atoms with Crippen LogP contribution in [0.5, 0.6) is 5.75 Å². The summed E-state index contributed by atoms with van der Waals surface area (Å²) in [5.41, 5.74) is 0.734. The van der Waals surface area contributed by atoms with Crippen LogP contribution in [0.2, 0.25) is 0 Å². The maximum absolute atomic E-state index is 12.8. The molecule has 130 valence electrons. The van der Waals surface area contributed by atoms with E-state index in [2.05, 4.69) is 12.2 Å². The van der Waals surface area contributed by atoms with Crippen molar-refractivity contribution in [2.75, 3.05) is 6.61 Å². The highest BCUT2D eigenvalue weighted by molar-refractivity contribution is 5.94. The van der Waals surface area contributed by atoms with E-state index in [1.54, 1.807) is 0 Å². The molecule has 0 heterocycles. The molecule has 4 bridgehead atoms. The number of hydrogen-bond acceptors (Lipinski definition) is 2. The third kappa shape index (κ3) is 3.18. The predicted molar refractivity (Wildman–Crippen MR) is 95.1 cm³/mol. The number of ether oxygens (including phenoxy) is 1. The molecule has 4 aliphatic carbocycles. The summed E-state index contributed by atoms with van der Waals surface area (Å²) in [6.07, 6.45) is 8.94. The summed E-state index contributed by atoms with van der Waals surface area (Å²) in [4.78, 5) is 12.8. The second-order valence-electron chi connectivity index (χ2n) is 8.16. The van der Waals surface area contributed by atoms with Gasteiger partial charge < -0.3 is 10.1 Å². The fourth-order valence-electron chi connectivity index (χ4n) is 5.46. The lowest BCUT2D eigenvalue weighted by molar-refractivity contribution is -0.0119. The summed E-state index contributed by atoms with van der Waals surface area (Å²) in [7, 11) is 0. The number of carbonyl (C=O) groups excluding carboxylic acids is 1. The molecule has 4 fully saturated rings. The molecule has 4 saturated carbocycles. The van der Waals surface area contributed by atoms with Crippen molar-refractivity contribution in [1.82, 2.24) is 5.32 Å². The molecule has 1 amide bonds. The molecule has 1 N–H and O–H groups in total. The Kier molecular flexibility index (Phi) is 4.51. The van der Waals surface area contributed by atoms with E-state index in [1.807, 2.05) is 24.3 Å². The first-order chi connectivity index (χ1) is 11.7. The topological polar surface area (TPSA) is 38.3 Å². The van der Waals surface area contributed by atoms with E-state index in [1.165, 1.54) is 32.1 Å². The van der Waals surface area contributed by atoms with Crippen molar-refractivity contribution < 1.29 is 9.53 Å². The summed E-state index contributed by atoms with van der Waals surface area (Å²) in [6.45, 7) is 2.87. The molecular formula is C21H29NO2. The zero-order valence-corrected chi connectivity index (χ0v) is 14.7. The van der Waals surface area contributed by atoms with Gasteiger partial charge in [-0.1, -0.05) is 19.4 Å². The van der Waals surface area contributed by atoms with Crippen molar-refractivity contribution in [3.63, 3.8) is 0 Å². The molecule has 3 nitrogen and oxygen atoms in total. The Morgan fingerprint density at radius 1 is 1.12 bits per heavy atom. The highest BCUT2D eigenvalue weighted by Gasteiger charge is 2.48. The average molecular weight is 327 g/mol. The van der Waals surface area contributed by atoms with Crippen LogP contribution >= 0.6 is 0 Å². The van der Waals surface area contributed by atoms with E-state index >= 15 is 0 Å². The van der Waals surface area contributed by atoms with Crippen LogP contribution < -0.4 is 10.1 Å². The molecule has 4 aliphatic rings. The van der Waals surface area contributed by atoms with Gasteiger partial charge in [0.2, 0.25) is 0 Å². The molecule has 1 aromatic rings. The highest BCUT2D eigenvalue weighted by atomic mass is 16.5. The number of unbranched alkanes of at least 4 members (excludes halogenated alkanes) is 1. The number of benzene rings is 1. The van der Waals surface area contributed by atoms with Crippen LogP contribution in [0.15, 0.2) is 24.3 Å². The predicted octanol–water partition coefficient (Wildman–Crippen LogP) is 4.42. The lowest BCUT2D eigenvalue weighted by atomic mass is 9.54. The fourth-order valence-corrected chi connectivity index (χ4v) is 5.46. The molecule has 0 atom stereocenters. The van der Waals surface area contributed by atoms with Gasteiger partial charge in [-0.25, -0.2) is 0 Å². The first-order valence-electron chi connectivity index (χ1n) is 9.76. The van der Waals surface area contributed by atoms with E-state index in [-0.39, 0.29) is 5.91 Å². The zero-order chi connectivity index (χ0) is 16.5. The summed E-state index contributed by atoms with van der Waals surface area (Å²) in [5, 5.41) is 3.38. The number of nitrogens with one attached hydrogen (secondary N) is 1. The Morgan fingerprint density at radius 3 is 2.50 bits per heavy atom. The van der Waals surface area contributed by atoms with E-state index < -0.39 is 0 Å². The van der Waals surface area contributed by atoms with Gasteiger partial charge in [0.15, 0.2) is 0 Å². The quantitative estimate of drug-likeness (QED) is 0.786. The Balaban J connectivity index is 1.40. The molecule has 0 radical (unpaired) electrons. The lowest BCUT2D eigenvalue weighted by Crippen LogP contribution is -2.55. The lowest BCUT2D eigenvalue weighted by Gasteiger charge is -2.54. The van der Waals surface area contributed by atoms with Gasteiger partial charge in [0.25, 0.3) is 5.91 Å². The number of rotatable bonds is 6. The van der Waals surface area contributed by atoms with E-state index in [0.29, 0.717) is 17.9 Å². The van der Waals surface area contributed by atoms with Crippen LogP contribution in [0.1, 0.15) is 62.2 Å². The van der Waals surface area contributed by atoms with Gasteiger partial charge >= 0.3 is 0 Å². The first-order valence-corrected chi connectivity index (χ1v) is 9.76. The third-order valence-electron chi connectivity index (χ3n) is 6.39. The second kappa shape index (κ2) is 6.78. The van der Waals surface area contributed by atoms with Gasteiger partial charge in [0, 0.05) is 11.6 Å². The Morgan fingerprint density at radius 2 is 1.83 bits per heavy atom. The maximum atomic E-state index is 12.8. The molecule has 0 aromatic heterocycles. The third-order valence-corrected chi connectivity index (χ3v) is 6.39. The number of amides is 1. The molecule has 1 aromatic carbocycles. The van der Waals surface area contributed by atoms with Gasteiger partial charge in [0.1, 0.15) is 5.75 Å². The van der Waals surface area contributed by atoms with Crippen molar-refractivity contribution in [2.45, 2.75) is 57.9 Å². The van der Waals surface area contributed by atoms with Crippen LogP contribution in [-0.4, -0.2) is 18.6 Å². The minimum absolute atomic E-state index is 0.0772. The standard InChI is InChI=1S/C21H29NO2/c1-2-3-7-24-19-6-4-5-16(13-19)21(23)22-20-17-9-14-8-15(11-17)12-18(20)10-14/h4-6,13-15,17-18,20H,2-3,7-12H2,1H3,(H,22,23). The maximum Gasteiger partial charge on any atom is 0.251 e. The van der Waals surface area contributed by atoms with Crippen LogP contribution in [0, 0.1) is 23.7 Å². The van der Waals surface area contributed by atoms with Crippen molar-refractivity contribution in [3.05, 3.63) is 29.8 Å². The Hall–Kier alpha value is -1.51. The summed E-state index contributed by atoms with van der Waals surface area (Å²) < 4.78 is 5.74. The second-order valence-corrected chi connectivity index (χ2v) is 8.16. The minimum atomic E-state index is 0.0772. The van der Waals surface area contributed by atoms with Crippen LogP contribution in [0.4, 0.5) is 0 Å². The highest BCUT2D eigenvalue weighted by Crippen LogP contribution is 2.53. The van der Waals surface area contributed by atoms with Gasteiger partial charge in [-0.15, -0.1) is 0 Å². The van der Waals surface area contributed by atoms with E-state index in [0.717, 1.165) is 42.6 Å². The van der Waals surface area contributed by atoms with Crippen LogP contribution in [-0.2, 0) is 0 Å². The Bertz CT molecular complexity index is 569. The summed E-state index contributed by atoms with van der Waals surface area (Å²) >= 11 is 0. The minimum Gasteiger partial charge on any atom is -0.494 e. The van der Waals surface area contributed by atoms with Gasteiger partial charge in [-0.05, 0) is 80.4 Å². The van der Waals surface area contributed by atoms with Gasteiger partial charge in [-0.3, -0.25) is 4.79 Å². The summed E-state index contributed by atoms with van der Waals surface area (Å²) in [6, 6.07) is 8.05. The zero-order valence-electron chi connectivity index (χ0n) is 14.7. The average Bonchev–Trinajstić information content (AvgIpc) is 2.58. The van der Waals surface area contributed by atoms with Crippen LogP contribution in [0.3, 0.4) is 0 Å². The molecule has 3 heteroatoms. The normalized spacial score (nSPS) is 33.5. The van der Waals surface area contributed by atoms with Gasteiger partial charge in [0.05, 0.1) is 6.61 Å². The largest absolute Gasteiger partial charge is 0.494 e. The Labute approximate surface area is 145 Å². The SMILES string of the molecule is CCCCOc1cccc(C(=O)NC2C3CC4CC(C3)CC2C4)c1. The smallest absolute Gasteiger partial charge is 0.251 e. The number of hydrogen-bond donors (Lipinski definition) is 1. The molecule has 0 aliphatic heterocycles. The van der Waals surface area contributed by atoms with Crippen molar-refractivity contribution in [2.24, 2.45) is 23.7 Å². The molecule has 0 saturated heterocycles. The van der Waals surface area contributed by atoms with E-state index in [9.17, 15) is 4.79 Å². The number of carbonyl (C=O) groups is 1. The van der Waals surface area contributed by atoms with Crippen LogP contribution in [0.25, 0.3) is 0 Å². The van der Waals surface area contributed by atoms with Crippen molar-refractivity contribution in [1.29, 1.82) is 0 Å². The molecule has 0 spiro atoms. The molecule has 0 unspecified atom stereocenters. The molecule has 24 heavy (non-hydrogen) atoms. The summed E-state index contributed by atoms with van der Waals surface area (Å²) in [5.74, 6) is 4.20. The fraction of sp³-hybridized carbons (Fsp3) is 0.667. The van der Waals surface area contributed by atoms with Gasteiger partial charge in [-0.2, -0.15) is 0 Å². The molecule has 5 rings (SSSR count). The molecular weight excluding hydrogens is 298 g/mol. The van der Waals surface area contributed by atoms with Crippen molar-refractivity contribution in [3.8, 4) is 5.75 Å². The van der Waals surface area contributed by atoms with Crippen molar-refractivity contribution >= 4 is 5.91 Å². The monoisotopic (exact) mass is 327 g/mol. The van der Waals surface area contributed by atoms with E-state index in [4.69, 9.17) is 4.74 Å². The first kappa shape index (κ1) is 16.0.